The van der Waals surface area contributed by atoms with Crippen molar-refractivity contribution >= 4 is 5.78 Å². The Kier molecular flexibility index (Phi) is 3.28. The van der Waals surface area contributed by atoms with Crippen molar-refractivity contribution < 1.29 is 27.1 Å². The maximum atomic E-state index is 13.0. The Hall–Kier alpha value is -1.59. The van der Waals surface area contributed by atoms with Gasteiger partial charge in [0.2, 0.25) is 5.82 Å². The van der Waals surface area contributed by atoms with Crippen LogP contribution in [0.3, 0.4) is 0 Å². The number of carbonyl (C=O) groups excluding carboxylic acids is 1. The molecule has 6 heteroatoms. The normalized spacial score (nSPS) is 10.5. The first kappa shape index (κ1) is 11.5. The molecule has 0 amide bonds. The van der Waals surface area contributed by atoms with E-state index in [4.69, 9.17) is 0 Å². The molecule has 0 aliphatic heterocycles. The summed E-state index contributed by atoms with van der Waals surface area (Å²) in [6.07, 6.45) is 0. The number of alkyl halides is 2. The van der Waals surface area contributed by atoms with E-state index in [0.717, 1.165) is 19.1 Å². The molecule has 1 rings (SSSR count). The number of carbonyl (C=O) groups is 1. The van der Waals surface area contributed by atoms with Crippen LogP contribution in [0.15, 0.2) is 12.1 Å². The topological polar surface area (TPSA) is 26.3 Å². The van der Waals surface area contributed by atoms with Gasteiger partial charge in [0.1, 0.15) is 0 Å². The first-order chi connectivity index (χ1) is 6.93. The van der Waals surface area contributed by atoms with E-state index in [1.807, 2.05) is 0 Å². The second-order valence-corrected chi connectivity index (χ2v) is 2.67. The molecule has 2 nitrogen and oxygen atoms in total. The van der Waals surface area contributed by atoms with Crippen molar-refractivity contribution in [1.29, 1.82) is 0 Å². The van der Waals surface area contributed by atoms with Crippen LogP contribution in [0, 0.1) is 11.6 Å². The van der Waals surface area contributed by atoms with Crippen molar-refractivity contribution in [2.75, 3.05) is 0 Å². The molecule has 0 aliphatic carbocycles. The Morgan fingerprint density at radius 2 is 1.87 bits per heavy atom. The van der Waals surface area contributed by atoms with Crippen molar-refractivity contribution in [3.63, 3.8) is 0 Å². The molecule has 0 saturated carbocycles. The minimum Gasteiger partial charge on any atom is -0.432 e. The van der Waals surface area contributed by atoms with Gasteiger partial charge in [0.25, 0.3) is 0 Å². The van der Waals surface area contributed by atoms with Crippen LogP contribution in [0.1, 0.15) is 17.3 Å². The van der Waals surface area contributed by atoms with Gasteiger partial charge in [-0.2, -0.15) is 13.2 Å². The third-order valence-corrected chi connectivity index (χ3v) is 1.64. The van der Waals surface area contributed by atoms with Crippen LogP contribution >= 0.6 is 0 Å². The van der Waals surface area contributed by atoms with Gasteiger partial charge >= 0.3 is 6.61 Å². The molecule has 0 bridgehead atoms. The summed E-state index contributed by atoms with van der Waals surface area (Å²) in [5, 5.41) is 0. The van der Waals surface area contributed by atoms with Crippen LogP contribution in [0.2, 0.25) is 0 Å². The number of ketones is 1. The van der Waals surface area contributed by atoms with E-state index in [9.17, 15) is 22.4 Å². The van der Waals surface area contributed by atoms with E-state index >= 15 is 0 Å². The SMILES string of the molecule is CC(=O)c1ccc(OC(F)F)c(F)c1F. The zero-order valence-electron chi connectivity index (χ0n) is 7.56. The summed E-state index contributed by atoms with van der Waals surface area (Å²) in [7, 11) is 0. The molecule has 0 aliphatic rings. The molecule has 15 heavy (non-hydrogen) atoms. The Balaban J connectivity index is 3.15. The average Bonchev–Trinajstić information content (AvgIpc) is 2.12. The van der Waals surface area contributed by atoms with E-state index in [-0.39, 0.29) is 0 Å². The summed E-state index contributed by atoms with van der Waals surface area (Å²) in [6.45, 7) is -2.21. The highest BCUT2D eigenvalue weighted by atomic mass is 19.3. The molecular weight excluding hydrogens is 216 g/mol. The van der Waals surface area contributed by atoms with Gasteiger partial charge in [-0.05, 0) is 19.1 Å². The van der Waals surface area contributed by atoms with Crippen LogP contribution in [-0.2, 0) is 0 Å². The molecule has 0 aromatic heterocycles. The van der Waals surface area contributed by atoms with Crippen LogP contribution in [0.5, 0.6) is 5.75 Å². The van der Waals surface area contributed by atoms with E-state index < -0.39 is 35.3 Å². The van der Waals surface area contributed by atoms with Gasteiger partial charge in [-0.25, -0.2) is 4.39 Å². The summed E-state index contributed by atoms with van der Waals surface area (Å²) in [5.41, 5.74) is -0.505. The third kappa shape index (κ3) is 2.45. The number of rotatable bonds is 3. The lowest BCUT2D eigenvalue weighted by Gasteiger charge is -2.07. The Morgan fingerprint density at radius 3 is 2.33 bits per heavy atom. The number of ether oxygens (including phenoxy) is 1. The van der Waals surface area contributed by atoms with Gasteiger partial charge in [0.05, 0.1) is 5.56 Å². The van der Waals surface area contributed by atoms with E-state index in [1.165, 1.54) is 0 Å². The molecule has 1 aromatic rings. The lowest BCUT2D eigenvalue weighted by atomic mass is 10.1. The zero-order valence-corrected chi connectivity index (χ0v) is 7.56. The summed E-state index contributed by atoms with van der Waals surface area (Å²) in [6, 6.07) is 1.67. The lowest BCUT2D eigenvalue weighted by molar-refractivity contribution is -0.0525. The molecule has 0 atom stereocenters. The van der Waals surface area contributed by atoms with Gasteiger partial charge in [-0.1, -0.05) is 0 Å². The molecule has 0 fully saturated rings. The van der Waals surface area contributed by atoms with Crippen molar-refractivity contribution in [3.8, 4) is 5.75 Å². The van der Waals surface area contributed by atoms with Gasteiger partial charge in [0.15, 0.2) is 17.3 Å². The maximum Gasteiger partial charge on any atom is 0.387 e. The van der Waals surface area contributed by atoms with Gasteiger partial charge in [-0.3, -0.25) is 4.79 Å². The monoisotopic (exact) mass is 222 g/mol. The van der Waals surface area contributed by atoms with E-state index in [0.29, 0.717) is 0 Å². The molecule has 0 radical (unpaired) electrons. The molecule has 0 heterocycles. The van der Waals surface area contributed by atoms with Gasteiger partial charge in [0, 0.05) is 0 Å². The molecule has 0 saturated heterocycles. The fraction of sp³-hybridized carbons (Fsp3) is 0.222. The fourth-order valence-electron chi connectivity index (χ4n) is 0.991. The summed E-state index contributed by atoms with van der Waals surface area (Å²) in [5.74, 6) is -4.70. The van der Waals surface area contributed by atoms with Crippen LogP contribution in [0.25, 0.3) is 0 Å². The zero-order chi connectivity index (χ0) is 11.6. The molecule has 1 aromatic carbocycles. The fourth-order valence-corrected chi connectivity index (χ4v) is 0.991. The van der Waals surface area contributed by atoms with Crippen LogP contribution < -0.4 is 4.74 Å². The number of hydrogen-bond donors (Lipinski definition) is 0. The highest BCUT2D eigenvalue weighted by molar-refractivity contribution is 5.94. The van der Waals surface area contributed by atoms with Crippen molar-refractivity contribution in [1.82, 2.24) is 0 Å². The minimum absolute atomic E-state index is 0.505. The Bertz CT molecular complexity index is 390. The smallest absolute Gasteiger partial charge is 0.387 e. The molecule has 82 valence electrons. The predicted molar refractivity (Wildman–Crippen MR) is 43.0 cm³/mol. The highest BCUT2D eigenvalue weighted by Crippen LogP contribution is 2.24. The number of Topliss-reactive ketones (excluding diaryl/α,β-unsaturated/α-hetero) is 1. The summed E-state index contributed by atoms with van der Waals surface area (Å²) < 4.78 is 53.2. The van der Waals surface area contributed by atoms with Crippen LogP contribution in [0.4, 0.5) is 17.6 Å². The number of hydrogen-bond acceptors (Lipinski definition) is 2. The quantitative estimate of drug-likeness (QED) is 0.580. The van der Waals surface area contributed by atoms with Crippen molar-refractivity contribution in [2.45, 2.75) is 13.5 Å². The number of benzene rings is 1. The Labute approximate surface area is 82.5 Å². The van der Waals surface area contributed by atoms with Gasteiger partial charge < -0.3 is 4.74 Å². The van der Waals surface area contributed by atoms with Crippen molar-refractivity contribution in [2.24, 2.45) is 0 Å². The molecule has 0 N–H and O–H groups in total. The number of halogens is 4. The summed E-state index contributed by atoms with van der Waals surface area (Å²) in [4.78, 5) is 10.8. The predicted octanol–water partition coefficient (Wildman–Crippen LogP) is 2.77. The van der Waals surface area contributed by atoms with Gasteiger partial charge in [-0.15, -0.1) is 0 Å². The highest BCUT2D eigenvalue weighted by Gasteiger charge is 2.18. The largest absolute Gasteiger partial charge is 0.432 e. The molecule has 0 unspecified atom stereocenters. The summed E-state index contributed by atoms with van der Waals surface area (Å²) >= 11 is 0. The third-order valence-electron chi connectivity index (χ3n) is 1.64. The first-order valence-electron chi connectivity index (χ1n) is 3.87. The minimum atomic E-state index is -3.25. The second kappa shape index (κ2) is 4.29. The average molecular weight is 222 g/mol. The van der Waals surface area contributed by atoms with E-state index in [2.05, 4.69) is 4.74 Å². The van der Waals surface area contributed by atoms with Crippen LogP contribution in [-0.4, -0.2) is 12.4 Å². The van der Waals surface area contributed by atoms with Crippen molar-refractivity contribution in [3.05, 3.63) is 29.3 Å². The first-order valence-corrected chi connectivity index (χ1v) is 3.87. The van der Waals surface area contributed by atoms with E-state index in [1.54, 1.807) is 0 Å². The lowest BCUT2D eigenvalue weighted by Crippen LogP contribution is -2.07. The molecular formula is C9H6F4O2. The second-order valence-electron chi connectivity index (χ2n) is 2.67. The Morgan fingerprint density at radius 1 is 1.27 bits per heavy atom. The standard InChI is InChI=1S/C9H6F4O2/c1-4(14)5-2-3-6(15-9(12)13)8(11)7(5)10/h2-3,9H,1H3. The maximum absolute atomic E-state index is 13.0. The molecule has 0 spiro atoms.